The molecule has 1 aliphatic heterocycles. The molecule has 1 fully saturated rings. The maximum absolute atomic E-state index is 2.42. The summed E-state index contributed by atoms with van der Waals surface area (Å²) in [6, 6.07) is 0. The van der Waals surface area contributed by atoms with E-state index in [4.69, 9.17) is 0 Å². The Morgan fingerprint density at radius 2 is 1.60 bits per heavy atom. The summed E-state index contributed by atoms with van der Waals surface area (Å²) in [7, 11) is 2.26. The molecule has 1 aliphatic rings. The Bertz CT molecular complexity index is 110. The van der Waals surface area contributed by atoms with Crippen LogP contribution in [0, 0.1) is 24.9 Å². The third-order valence-corrected chi connectivity index (χ3v) is 2.66. The molecule has 0 aliphatic carbocycles. The van der Waals surface area contributed by atoms with Gasteiger partial charge in [0.1, 0.15) is 0 Å². The number of hydrogen-bond acceptors (Lipinski definition) is 0. The second-order valence-corrected chi connectivity index (χ2v) is 3.68. The maximum Gasteiger partial charge on any atom is 0.0284 e. The molecule has 0 N–H and O–H groups in total. The largest absolute Gasteiger partial charge is 0.592 e. The molecule has 1 saturated heterocycles. The van der Waals surface area contributed by atoms with E-state index in [9.17, 15) is 0 Å². The van der Waals surface area contributed by atoms with Crippen molar-refractivity contribution in [3.05, 3.63) is 13.1 Å². The topological polar surface area (TPSA) is 0 Å². The van der Waals surface area contributed by atoms with Gasteiger partial charge < -0.3 is 4.48 Å². The van der Waals surface area contributed by atoms with E-state index in [-0.39, 0.29) is 0 Å². The highest BCUT2D eigenvalue weighted by molar-refractivity contribution is 4.84. The van der Waals surface area contributed by atoms with Gasteiger partial charge in [-0.25, -0.2) is 0 Å². The molecule has 2 unspecified atom stereocenters. The van der Waals surface area contributed by atoms with E-state index in [0.29, 0.717) is 0 Å². The van der Waals surface area contributed by atoms with Gasteiger partial charge in [-0.15, -0.1) is 11.8 Å². The van der Waals surface area contributed by atoms with E-state index >= 15 is 0 Å². The third kappa shape index (κ3) is 1.34. The SMILES string of the molecule is CC[N+]1(C)[CH-]C(C)C(C)[CH-]1. The fraction of sp³-hybridized carbons (Fsp3) is 0.778. The molecule has 0 spiro atoms. The van der Waals surface area contributed by atoms with Gasteiger partial charge in [0.25, 0.3) is 0 Å². The minimum Gasteiger partial charge on any atom is -0.592 e. The van der Waals surface area contributed by atoms with E-state index in [0.717, 1.165) is 16.3 Å². The van der Waals surface area contributed by atoms with Crippen LogP contribution in [0.4, 0.5) is 0 Å². The van der Waals surface area contributed by atoms with E-state index < -0.39 is 0 Å². The zero-order valence-electron chi connectivity index (χ0n) is 7.46. The van der Waals surface area contributed by atoms with Crippen molar-refractivity contribution in [3.8, 4) is 0 Å². The fourth-order valence-electron chi connectivity index (χ4n) is 1.61. The minimum atomic E-state index is 0.755. The first kappa shape index (κ1) is 8.06. The van der Waals surface area contributed by atoms with Crippen LogP contribution in [0.5, 0.6) is 0 Å². The van der Waals surface area contributed by atoms with Gasteiger partial charge in [0.15, 0.2) is 0 Å². The zero-order chi connectivity index (χ0) is 7.78. The van der Waals surface area contributed by atoms with Crippen LogP contribution in [-0.4, -0.2) is 18.1 Å². The monoisotopic (exact) mass is 140 g/mol. The lowest BCUT2D eigenvalue weighted by Gasteiger charge is -2.48. The Morgan fingerprint density at radius 3 is 1.80 bits per heavy atom. The van der Waals surface area contributed by atoms with Crippen molar-refractivity contribution in [2.24, 2.45) is 11.8 Å². The molecule has 1 rings (SSSR count). The second kappa shape index (κ2) is 2.54. The molecule has 0 radical (unpaired) electrons. The molecular formula is C9H18N-. The van der Waals surface area contributed by atoms with Crippen LogP contribution in [0.1, 0.15) is 20.8 Å². The van der Waals surface area contributed by atoms with Crippen LogP contribution in [0.15, 0.2) is 0 Å². The average Bonchev–Trinajstić information content (AvgIpc) is 2.10. The first-order valence-electron chi connectivity index (χ1n) is 4.14. The Hall–Kier alpha value is -0.0400. The van der Waals surface area contributed by atoms with Crippen LogP contribution >= 0.6 is 0 Å². The van der Waals surface area contributed by atoms with Crippen LogP contribution in [-0.2, 0) is 0 Å². The van der Waals surface area contributed by atoms with Gasteiger partial charge in [-0.1, -0.05) is 13.8 Å². The predicted octanol–water partition coefficient (Wildman–Crippen LogP) is 2.06. The Morgan fingerprint density at radius 1 is 1.20 bits per heavy atom. The van der Waals surface area contributed by atoms with Crippen LogP contribution < -0.4 is 0 Å². The van der Waals surface area contributed by atoms with E-state index in [1.54, 1.807) is 0 Å². The quantitative estimate of drug-likeness (QED) is 0.386. The lowest BCUT2D eigenvalue weighted by atomic mass is 10.0. The van der Waals surface area contributed by atoms with Gasteiger partial charge in [-0.05, 0) is 6.92 Å². The van der Waals surface area contributed by atoms with Crippen LogP contribution in [0.25, 0.3) is 0 Å². The second-order valence-electron chi connectivity index (χ2n) is 3.68. The van der Waals surface area contributed by atoms with Gasteiger partial charge in [0, 0.05) is 13.6 Å². The number of nitrogens with zero attached hydrogens (tertiary/aromatic N) is 1. The predicted molar refractivity (Wildman–Crippen MR) is 43.7 cm³/mol. The van der Waals surface area contributed by atoms with Gasteiger partial charge in [-0.2, -0.15) is 13.1 Å². The summed E-state index contributed by atoms with van der Waals surface area (Å²) in [5.74, 6) is 1.51. The van der Waals surface area contributed by atoms with Gasteiger partial charge in [0.05, 0.1) is 0 Å². The summed E-state index contributed by atoms with van der Waals surface area (Å²) >= 11 is 0. The van der Waals surface area contributed by atoms with Crippen molar-refractivity contribution >= 4 is 0 Å². The smallest absolute Gasteiger partial charge is 0.0284 e. The lowest BCUT2D eigenvalue weighted by molar-refractivity contribution is -0.842. The Kier molecular flexibility index (Phi) is 2.04. The van der Waals surface area contributed by atoms with Gasteiger partial charge in [0.2, 0.25) is 0 Å². The van der Waals surface area contributed by atoms with Gasteiger partial charge in [-0.3, -0.25) is 0 Å². The molecule has 0 aromatic carbocycles. The van der Waals surface area contributed by atoms with Crippen molar-refractivity contribution in [2.75, 3.05) is 13.6 Å². The summed E-state index contributed by atoms with van der Waals surface area (Å²) in [6.07, 6.45) is 0. The van der Waals surface area contributed by atoms with Crippen molar-refractivity contribution < 1.29 is 4.48 Å². The summed E-state index contributed by atoms with van der Waals surface area (Å²) in [6.45, 7) is 12.8. The summed E-state index contributed by atoms with van der Waals surface area (Å²) < 4.78 is 1.04. The minimum absolute atomic E-state index is 0.755. The maximum atomic E-state index is 2.42. The Balaban J connectivity index is 2.55. The molecule has 1 nitrogen and oxygen atoms in total. The van der Waals surface area contributed by atoms with Crippen molar-refractivity contribution in [1.82, 2.24) is 0 Å². The summed E-state index contributed by atoms with van der Waals surface area (Å²) in [5, 5.41) is 0. The number of likely N-dealkylation sites (tertiary alicyclic amines) is 1. The lowest BCUT2D eigenvalue weighted by Crippen LogP contribution is -2.34. The molecular weight excluding hydrogens is 122 g/mol. The molecule has 1 heterocycles. The van der Waals surface area contributed by atoms with Crippen molar-refractivity contribution in [1.29, 1.82) is 0 Å². The molecule has 0 aromatic heterocycles. The fourth-order valence-corrected chi connectivity index (χ4v) is 1.61. The van der Waals surface area contributed by atoms with Gasteiger partial charge >= 0.3 is 0 Å². The number of quaternary nitrogens is 1. The highest BCUT2D eigenvalue weighted by atomic mass is 15.3. The van der Waals surface area contributed by atoms with Crippen LogP contribution in [0.2, 0.25) is 0 Å². The first-order valence-corrected chi connectivity index (χ1v) is 4.14. The van der Waals surface area contributed by atoms with Crippen molar-refractivity contribution in [3.63, 3.8) is 0 Å². The van der Waals surface area contributed by atoms with E-state index in [2.05, 4.69) is 40.9 Å². The van der Waals surface area contributed by atoms with E-state index in [1.165, 1.54) is 6.54 Å². The molecule has 2 atom stereocenters. The average molecular weight is 140 g/mol. The van der Waals surface area contributed by atoms with Crippen molar-refractivity contribution in [2.45, 2.75) is 20.8 Å². The first-order chi connectivity index (χ1) is 4.57. The Labute approximate surface area is 64.6 Å². The standard InChI is InChI=1S/C9H18N/c1-5-10(4)6-8(2)9(3)7-10/h6-9H,5H2,1-4H3/q-1. The normalized spacial score (nSPS) is 48.0. The summed E-state index contributed by atoms with van der Waals surface area (Å²) in [4.78, 5) is 0. The molecule has 60 valence electrons. The molecule has 1 heteroatoms. The molecule has 0 aromatic rings. The summed E-state index contributed by atoms with van der Waals surface area (Å²) in [5.41, 5.74) is 0. The third-order valence-electron chi connectivity index (χ3n) is 2.66. The number of hydrogen-bond donors (Lipinski definition) is 0. The molecule has 0 saturated carbocycles. The molecule has 10 heavy (non-hydrogen) atoms. The highest BCUT2D eigenvalue weighted by Gasteiger charge is 2.17. The molecule has 0 bridgehead atoms. The highest BCUT2D eigenvalue weighted by Crippen LogP contribution is 2.34. The molecule has 0 amide bonds. The van der Waals surface area contributed by atoms with E-state index in [1.807, 2.05) is 0 Å². The number of rotatable bonds is 1. The zero-order valence-corrected chi connectivity index (χ0v) is 7.46. The van der Waals surface area contributed by atoms with Crippen LogP contribution in [0.3, 0.4) is 0 Å².